The molecule has 0 aromatic carbocycles. The fraction of sp³-hybridized carbons (Fsp3) is 0.400. The smallest absolute Gasteiger partial charge is 0.225 e. The molecule has 0 saturated carbocycles. The van der Waals surface area contributed by atoms with Gasteiger partial charge in [0.15, 0.2) is 0 Å². The summed E-state index contributed by atoms with van der Waals surface area (Å²) in [4.78, 5) is 13.2. The summed E-state index contributed by atoms with van der Waals surface area (Å²) in [5.41, 5.74) is 0. The summed E-state index contributed by atoms with van der Waals surface area (Å²) < 4.78 is 0. The third kappa shape index (κ3) is 1.74. The molecule has 2 heterocycles. The molecule has 0 spiro atoms. The average molecular weight is 222 g/mol. The van der Waals surface area contributed by atoms with E-state index < -0.39 is 0 Å². The number of anilines is 2. The van der Waals surface area contributed by atoms with Crippen molar-refractivity contribution in [1.29, 1.82) is 0 Å². The number of nitrogens with one attached hydrogen (secondary N) is 1. The lowest BCUT2D eigenvalue weighted by Gasteiger charge is -2.13. The van der Waals surface area contributed by atoms with Gasteiger partial charge in [-0.2, -0.15) is 4.98 Å². The first-order valence-corrected chi connectivity index (χ1v) is 5.56. The first-order valence-electron chi connectivity index (χ1n) is 4.75. The third-order valence-electron chi connectivity index (χ3n) is 2.14. The number of aromatic nitrogens is 2. The van der Waals surface area contributed by atoms with Gasteiger partial charge in [-0.05, 0) is 13.0 Å². The molecule has 5 heteroatoms. The van der Waals surface area contributed by atoms with E-state index in [-0.39, 0.29) is 0 Å². The summed E-state index contributed by atoms with van der Waals surface area (Å²) in [5.74, 6) is 1.64. The molecule has 1 N–H and O–H groups in total. The molecule has 0 bridgehead atoms. The van der Waals surface area contributed by atoms with Gasteiger partial charge in [0, 0.05) is 26.0 Å². The van der Waals surface area contributed by atoms with Crippen LogP contribution in [-0.4, -0.2) is 31.1 Å². The first kappa shape index (κ1) is 10.2. The fourth-order valence-corrected chi connectivity index (χ4v) is 2.35. The molecule has 0 saturated heterocycles. The Morgan fingerprint density at radius 3 is 2.67 bits per heavy atom. The Morgan fingerprint density at radius 1 is 1.33 bits per heavy atom. The zero-order chi connectivity index (χ0) is 11.0. The Kier molecular flexibility index (Phi) is 2.48. The van der Waals surface area contributed by atoms with E-state index in [0.29, 0.717) is 5.95 Å². The van der Waals surface area contributed by atoms with Crippen molar-refractivity contribution in [2.75, 3.05) is 31.4 Å². The number of hydrogen-bond donors (Lipinski definition) is 1. The van der Waals surface area contributed by atoms with Crippen molar-refractivity contribution in [2.45, 2.75) is 6.92 Å². The summed E-state index contributed by atoms with van der Waals surface area (Å²) in [7, 11) is 5.82. The van der Waals surface area contributed by atoms with Crippen molar-refractivity contribution in [3.05, 3.63) is 10.9 Å². The van der Waals surface area contributed by atoms with Gasteiger partial charge in [-0.15, -0.1) is 11.3 Å². The van der Waals surface area contributed by atoms with Gasteiger partial charge in [-0.3, -0.25) is 0 Å². The maximum Gasteiger partial charge on any atom is 0.225 e. The number of aryl methyl sites for hydroxylation is 1. The fourth-order valence-electron chi connectivity index (χ4n) is 1.48. The van der Waals surface area contributed by atoms with Crippen molar-refractivity contribution in [3.63, 3.8) is 0 Å². The van der Waals surface area contributed by atoms with E-state index in [2.05, 4.69) is 28.3 Å². The highest BCUT2D eigenvalue weighted by molar-refractivity contribution is 7.18. The highest BCUT2D eigenvalue weighted by Crippen LogP contribution is 2.30. The lowest BCUT2D eigenvalue weighted by molar-refractivity contribution is 1.06. The van der Waals surface area contributed by atoms with E-state index in [0.717, 1.165) is 16.0 Å². The molecule has 0 aliphatic rings. The monoisotopic (exact) mass is 222 g/mol. The van der Waals surface area contributed by atoms with Crippen LogP contribution in [0.15, 0.2) is 6.07 Å². The third-order valence-corrected chi connectivity index (χ3v) is 3.09. The quantitative estimate of drug-likeness (QED) is 0.845. The molecule has 2 aromatic heterocycles. The molecule has 0 amide bonds. The Morgan fingerprint density at radius 2 is 2.07 bits per heavy atom. The summed E-state index contributed by atoms with van der Waals surface area (Å²) in [6.45, 7) is 2.09. The molecule has 0 unspecified atom stereocenters. The number of thiophene rings is 1. The normalized spacial score (nSPS) is 10.7. The molecule has 0 radical (unpaired) electrons. The lowest BCUT2D eigenvalue weighted by Crippen LogP contribution is -2.12. The van der Waals surface area contributed by atoms with Gasteiger partial charge in [0.05, 0.1) is 5.39 Å². The van der Waals surface area contributed by atoms with Crippen LogP contribution in [0, 0.1) is 6.92 Å². The lowest BCUT2D eigenvalue weighted by atomic mass is 10.3. The molecule has 80 valence electrons. The van der Waals surface area contributed by atoms with E-state index in [1.54, 1.807) is 11.3 Å². The van der Waals surface area contributed by atoms with Crippen LogP contribution in [0.3, 0.4) is 0 Å². The van der Waals surface area contributed by atoms with Gasteiger partial charge in [0.25, 0.3) is 0 Å². The standard InChI is InChI=1S/C10H14N4S/c1-6-5-7-8(14(3)4)12-10(11-2)13-9(7)15-6/h5H,1-4H3,(H,11,12,13). The Bertz CT molecular complexity index is 489. The largest absolute Gasteiger partial charge is 0.362 e. The molecular formula is C10H14N4S. The highest BCUT2D eigenvalue weighted by atomic mass is 32.1. The predicted octanol–water partition coefficient (Wildman–Crippen LogP) is 2.11. The van der Waals surface area contributed by atoms with E-state index in [1.807, 2.05) is 26.0 Å². The van der Waals surface area contributed by atoms with Crippen LogP contribution in [0.4, 0.5) is 11.8 Å². The average Bonchev–Trinajstić information content (AvgIpc) is 2.55. The zero-order valence-corrected chi connectivity index (χ0v) is 10.1. The van der Waals surface area contributed by atoms with Crippen molar-refractivity contribution in [1.82, 2.24) is 9.97 Å². The summed E-state index contributed by atoms with van der Waals surface area (Å²) >= 11 is 1.70. The van der Waals surface area contributed by atoms with Crippen molar-refractivity contribution < 1.29 is 0 Å². The van der Waals surface area contributed by atoms with Crippen LogP contribution < -0.4 is 10.2 Å². The summed E-state index contributed by atoms with van der Waals surface area (Å²) in [6, 6.07) is 2.13. The van der Waals surface area contributed by atoms with Gasteiger partial charge in [0.1, 0.15) is 10.6 Å². The number of nitrogens with zero attached hydrogens (tertiary/aromatic N) is 3. The van der Waals surface area contributed by atoms with E-state index in [9.17, 15) is 0 Å². The maximum absolute atomic E-state index is 4.44. The molecule has 0 aliphatic heterocycles. The van der Waals surface area contributed by atoms with Gasteiger partial charge < -0.3 is 10.2 Å². The second-order valence-electron chi connectivity index (χ2n) is 3.59. The van der Waals surface area contributed by atoms with Crippen LogP contribution >= 0.6 is 11.3 Å². The van der Waals surface area contributed by atoms with Gasteiger partial charge >= 0.3 is 0 Å². The van der Waals surface area contributed by atoms with E-state index >= 15 is 0 Å². The van der Waals surface area contributed by atoms with Gasteiger partial charge in [-0.25, -0.2) is 4.98 Å². The molecule has 0 aliphatic carbocycles. The van der Waals surface area contributed by atoms with Crippen LogP contribution in [0.1, 0.15) is 4.88 Å². The minimum Gasteiger partial charge on any atom is -0.362 e. The topological polar surface area (TPSA) is 41.1 Å². The minimum absolute atomic E-state index is 0.674. The Hall–Kier alpha value is -1.36. The molecule has 2 rings (SSSR count). The van der Waals surface area contributed by atoms with Crippen molar-refractivity contribution >= 4 is 33.3 Å². The molecule has 2 aromatic rings. The number of rotatable bonds is 2. The maximum atomic E-state index is 4.44. The van der Waals surface area contributed by atoms with Crippen LogP contribution in [0.5, 0.6) is 0 Å². The van der Waals surface area contributed by atoms with Crippen LogP contribution in [0.2, 0.25) is 0 Å². The molecule has 0 atom stereocenters. The minimum atomic E-state index is 0.674. The zero-order valence-electron chi connectivity index (χ0n) is 9.33. The van der Waals surface area contributed by atoms with E-state index in [1.165, 1.54) is 4.88 Å². The molecule has 15 heavy (non-hydrogen) atoms. The predicted molar refractivity (Wildman–Crippen MR) is 66.0 cm³/mol. The SMILES string of the molecule is CNc1nc(N(C)C)c2cc(C)sc2n1. The second-order valence-corrected chi connectivity index (χ2v) is 4.83. The van der Waals surface area contributed by atoms with Crippen LogP contribution in [0.25, 0.3) is 10.2 Å². The summed E-state index contributed by atoms with van der Waals surface area (Å²) in [6.07, 6.45) is 0. The Labute approximate surface area is 93.0 Å². The first-order chi connectivity index (χ1) is 7.11. The van der Waals surface area contributed by atoms with E-state index in [4.69, 9.17) is 0 Å². The molecule has 0 fully saturated rings. The van der Waals surface area contributed by atoms with Gasteiger partial charge in [-0.1, -0.05) is 0 Å². The number of hydrogen-bond acceptors (Lipinski definition) is 5. The molecule has 4 nitrogen and oxygen atoms in total. The second kappa shape index (κ2) is 3.66. The Balaban J connectivity index is 2.73. The summed E-state index contributed by atoms with van der Waals surface area (Å²) in [5, 5.41) is 4.11. The van der Waals surface area contributed by atoms with Gasteiger partial charge in [0.2, 0.25) is 5.95 Å². The van der Waals surface area contributed by atoms with Crippen LogP contribution in [-0.2, 0) is 0 Å². The number of fused-ring (bicyclic) bond motifs is 1. The van der Waals surface area contributed by atoms with Crippen molar-refractivity contribution in [2.24, 2.45) is 0 Å². The van der Waals surface area contributed by atoms with Crippen molar-refractivity contribution in [3.8, 4) is 0 Å². The highest BCUT2D eigenvalue weighted by Gasteiger charge is 2.10. The molecular weight excluding hydrogens is 208 g/mol.